The number of fused-ring (bicyclic) bond motifs is 1. The molecule has 22 heavy (non-hydrogen) atoms. The van der Waals surface area contributed by atoms with Gasteiger partial charge in [-0.05, 0) is 56.1 Å². The van der Waals surface area contributed by atoms with Gasteiger partial charge in [-0.2, -0.15) is 0 Å². The Morgan fingerprint density at radius 3 is 2.91 bits per heavy atom. The van der Waals surface area contributed by atoms with Gasteiger partial charge in [-0.1, -0.05) is 0 Å². The summed E-state index contributed by atoms with van der Waals surface area (Å²) in [6.07, 6.45) is 1.92. The Kier molecular flexibility index (Phi) is 4.28. The molecule has 2 N–H and O–H groups in total. The highest BCUT2D eigenvalue weighted by Crippen LogP contribution is 2.18. The zero-order chi connectivity index (χ0) is 15.6. The van der Waals surface area contributed by atoms with Crippen LogP contribution in [0.15, 0.2) is 44.4 Å². The van der Waals surface area contributed by atoms with Gasteiger partial charge in [-0.3, -0.25) is 0 Å². The van der Waals surface area contributed by atoms with Crippen LogP contribution in [0.25, 0.3) is 11.0 Å². The van der Waals surface area contributed by atoms with Crippen LogP contribution in [-0.2, 0) is 10.0 Å². The average molecular weight is 322 g/mol. The number of nitrogens with one attached hydrogen (secondary N) is 2. The number of sulfonamides is 1. The molecule has 1 fully saturated rings. The van der Waals surface area contributed by atoms with Crippen LogP contribution >= 0.6 is 0 Å². The van der Waals surface area contributed by atoms with E-state index in [-0.39, 0.29) is 4.90 Å². The van der Waals surface area contributed by atoms with Crippen molar-refractivity contribution in [1.29, 1.82) is 0 Å². The molecule has 2 aromatic rings. The lowest BCUT2D eigenvalue weighted by molar-refractivity contribution is 0.519. The molecule has 0 saturated carbocycles. The molecule has 1 aliphatic heterocycles. The summed E-state index contributed by atoms with van der Waals surface area (Å²) in [7, 11) is -3.54. The molecule has 0 amide bonds. The smallest absolute Gasteiger partial charge is 0.336 e. The summed E-state index contributed by atoms with van der Waals surface area (Å²) in [5.41, 5.74) is -0.0742. The molecule has 3 rings (SSSR count). The van der Waals surface area contributed by atoms with Crippen LogP contribution in [0.3, 0.4) is 0 Å². The molecule has 1 aliphatic rings. The van der Waals surface area contributed by atoms with Crippen molar-refractivity contribution in [2.24, 2.45) is 5.92 Å². The van der Waals surface area contributed by atoms with E-state index in [1.54, 1.807) is 6.07 Å². The molecule has 2 heterocycles. The Morgan fingerprint density at radius 2 is 2.14 bits per heavy atom. The van der Waals surface area contributed by atoms with E-state index in [1.165, 1.54) is 24.3 Å². The second-order valence-electron chi connectivity index (χ2n) is 5.50. The van der Waals surface area contributed by atoms with Crippen molar-refractivity contribution in [3.63, 3.8) is 0 Å². The maximum atomic E-state index is 12.3. The van der Waals surface area contributed by atoms with E-state index < -0.39 is 15.6 Å². The SMILES string of the molecule is O=c1ccc2cc(S(=O)(=O)NCCC3CCNC3)ccc2o1. The molecule has 1 aromatic carbocycles. The topological polar surface area (TPSA) is 88.4 Å². The van der Waals surface area contributed by atoms with Gasteiger partial charge in [0.05, 0.1) is 4.90 Å². The molecule has 1 saturated heterocycles. The summed E-state index contributed by atoms with van der Waals surface area (Å²) in [6, 6.07) is 7.30. The van der Waals surface area contributed by atoms with E-state index in [0.29, 0.717) is 23.4 Å². The lowest BCUT2D eigenvalue weighted by Crippen LogP contribution is -2.26. The molecule has 1 atom stereocenters. The van der Waals surface area contributed by atoms with E-state index in [1.807, 2.05) is 0 Å². The predicted octanol–water partition coefficient (Wildman–Crippen LogP) is 1.07. The van der Waals surface area contributed by atoms with Crippen LogP contribution in [0.1, 0.15) is 12.8 Å². The van der Waals surface area contributed by atoms with Crippen LogP contribution in [0.2, 0.25) is 0 Å². The highest BCUT2D eigenvalue weighted by atomic mass is 32.2. The van der Waals surface area contributed by atoms with Gasteiger partial charge in [0.1, 0.15) is 5.58 Å². The standard InChI is InChI=1S/C15H18N2O4S/c18-15-4-1-12-9-13(2-3-14(12)21-15)22(19,20)17-8-6-11-5-7-16-10-11/h1-4,9,11,16-17H,5-8,10H2. The number of rotatable bonds is 5. The van der Waals surface area contributed by atoms with Gasteiger partial charge in [0.2, 0.25) is 10.0 Å². The van der Waals surface area contributed by atoms with Crippen LogP contribution < -0.4 is 15.7 Å². The maximum absolute atomic E-state index is 12.3. The van der Waals surface area contributed by atoms with Gasteiger partial charge in [0, 0.05) is 18.0 Å². The van der Waals surface area contributed by atoms with E-state index in [2.05, 4.69) is 10.0 Å². The number of hydrogen-bond donors (Lipinski definition) is 2. The molecule has 7 heteroatoms. The quantitative estimate of drug-likeness (QED) is 0.804. The Hall–Kier alpha value is -1.70. The van der Waals surface area contributed by atoms with Gasteiger partial charge in [0.15, 0.2) is 0 Å². The van der Waals surface area contributed by atoms with Crippen LogP contribution in [-0.4, -0.2) is 28.1 Å². The summed E-state index contributed by atoms with van der Waals surface area (Å²) >= 11 is 0. The van der Waals surface area contributed by atoms with Crippen molar-refractivity contribution < 1.29 is 12.8 Å². The van der Waals surface area contributed by atoms with Crippen LogP contribution in [0.5, 0.6) is 0 Å². The Labute approximate surface area is 128 Å². The first-order chi connectivity index (χ1) is 10.5. The predicted molar refractivity (Wildman–Crippen MR) is 83.3 cm³/mol. The van der Waals surface area contributed by atoms with Crippen molar-refractivity contribution in [3.05, 3.63) is 40.8 Å². The highest BCUT2D eigenvalue weighted by molar-refractivity contribution is 7.89. The first-order valence-electron chi connectivity index (χ1n) is 7.29. The molecule has 1 aromatic heterocycles. The van der Waals surface area contributed by atoms with Gasteiger partial charge in [-0.15, -0.1) is 0 Å². The third-order valence-corrected chi connectivity index (χ3v) is 5.37. The first-order valence-corrected chi connectivity index (χ1v) is 8.77. The molecule has 0 aliphatic carbocycles. The normalized spacial score (nSPS) is 18.8. The van der Waals surface area contributed by atoms with E-state index >= 15 is 0 Å². The van der Waals surface area contributed by atoms with Crippen molar-refractivity contribution >= 4 is 21.0 Å². The highest BCUT2D eigenvalue weighted by Gasteiger charge is 2.18. The summed E-state index contributed by atoms with van der Waals surface area (Å²) in [4.78, 5) is 11.3. The van der Waals surface area contributed by atoms with Crippen molar-refractivity contribution in [2.45, 2.75) is 17.7 Å². The van der Waals surface area contributed by atoms with Crippen molar-refractivity contribution in [2.75, 3.05) is 19.6 Å². The third kappa shape index (κ3) is 3.37. The summed E-state index contributed by atoms with van der Waals surface area (Å²) < 4.78 is 32.2. The van der Waals surface area contributed by atoms with Gasteiger partial charge in [-0.25, -0.2) is 17.9 Å². The molecule has 6 nitrogen and oxygen atoms in total. The van der Waals surface area contributed by atoms with E-state index in [0.717, 1.165) is 25.9 Å². The van der Waals surface area contributed by atoms with Gasteiger partial charge >= 0.3 is 5.63 Å². The zero-order valence-electron chi connectivity index (χ0n) is 12.0. The van der Waals surface area contributed by atoms with Crippen LogP contribution in [0, 0.1) is 5.92 Å². The lowest BCUT2D eigenvalue weighted by atomic mass is 10.1. The molecular weight excluding hydrogens is 304 g/mol. The molecule has 1 unspecified atom stereocenters. The number of benzene rings is 1. The van der Waals surface area contributed by atoms with Crippen molar-refractivity contribution in [3.8, 4) is 0 Å². The fraction of sp³-hybridized carbons (Fsp3) is 0.400. The van der Waals surface area contributed by atoms with Gasteiger partial charge < -0.3 is 9.73 Å². The molecule has 0 radical (unpaired) electrons. The molecular formula is C15H18N2O4S. The largest absolute Gasteiger partial charge is 0.423 e. The fourth-order valence-electron chi connectivity index (χ4n) is 2.66. The summed E-state index contributed by atoms with van der Waals surface area (Å²) in [5.74, 6) is 0.536. The Morgan fingerprint density at radius 1 is 1.27 bits per heavy atom. The first kappa shape index (κ1) is 15.2. The van der Waals surface area contributed by atoms with E-state index in [4.69, 9.17) is 4.42 Å². The van der Waals surface area contributed by atoms with Crippen LogP contribution in [0.4, 0.5) is 0 Å². The Bertz CT molecular complexity index is 823. The minimum Gasteiger partial charge on any atom is -0.423 e. The zero-order valence-corrected chi connectivity index (χ0v) is 12.9. The molecule has 0 bridgehead atoms. The lowest BCUT2D eigenvalue weighted by Gasteiger charge is -2.10. The average Bonchev–Trinajstić information content (AvgIpc) is 2.99. The Balaban J connectivity index is 1.73. The monoisotopic (exact) mass is 322 g/mol. The maximum Gasteiger partial charge on any atom is 0.336 e. The molecule has 0 spiro atoms. The minimum absolute atomic E-state index is 0.179. The minimum atomic E-state index is -3.54. The number of hydrogen-bond acceptors (Lipinski definition) is 5. The summed E-state index contributed by atoms with van der Waals surface area (Å²) in [5, 5.41) is 3.85. The molecule has 118 valence electrons. The van der Waals surface area contributed by atoms with E-state index in [9.17, 15) is 13.2 Å². The fourth-order valence-corrected chi connectivity index (χ4v) is 3.74. The summed E-state index contributed by atoms with van der Waals surface area (Å²) in [6.45, 7) is 2.39. The van der Waals surface area contributed by atoms with Crippen molar-refractivity contribution in [1.82, 2.24) is 10.0 Å². The van der Waals surface area contributed by atoms with Gasteiger partial charge in [0.25, 0.3) is 0 Å². The second-order valence-corrected chi connectivity index (χ2v) is 7.27. The second kappa shape index (κ2) is 6.20. The third-order valence-electron chi connectivity index (χ3n) is 3.91.